The highest BCUT2D eigenvalue weighted by Gasteiger charge is 2.12. The number of carbonyl (C=O) groups is 1. The highest BCUT2D eigenvalue weighted by molar-refractivity contribution is 9.11. The van der Waals surface area contributed by atoms with Crippen LogP contribution in [0.2, 0.25) is 0 Å². The van der Waals surface area contributed by atoms with Gasteiger partial charge >= 0.3 is 0 Å². The number of rotatable bonds is 2. The maximum Gasteiger partial charge on any atom is 0.257 e. The number of amides is 1. The zero-order chi connectivity index (χ0) is 15.0. The van der Waals surface area contributed by atoms with Crippen LogP contribution in [0.4, 0.5) is 10.8 Å². The number of thiazole rings is 1. The number of carbonyl (C=O) groups excluding carboxylic acids is 1. The monoisotopic (exact) mass is 425 g/mol. The number of hydrogen-bond donors (Lipinski definition) is 2. The van der Waals surface area contributed by atoms with E-state index < -0.39 is 0 Å². The summed E-state index contributed by atoms with van der Waals surface area (Å²) in [5.41, 5.74) is 7.61. The number of halogens is 2. The van der Waals surface area contributed by atoms with E-state index in [4.69, 9.17) is 5.73 Å². The average molecular weight is 427 g/mol. The summed E-state index contributed by atoms with van der Waals surface area (Å²) in [5, 5.41) is 3.37. The van der Waals surface area contributed by atoms with Crippen LogP contribution in [0.5, 0.6) is 0 Å². The first-order valence-electron chi connectivity index (χ1n) is 5.95. The number of nitrogens with one attached hydrogen (secondary N) is 1. The molecule has 0 bridgehead atoms. The van der Waals surface area contributed by atoms with E-state index in [1.54, 1.807) is 24.3 Å². The third-order valence-corrected chi connectivity index (χ3v) is 4.79. The second-order valence-electron chi connectivity index (χ2n) is 4.33. The third-order valence-electron chi connectivity index (χ3n) is 2.81. The number of aromatic nitrogens is 1. The molecule has 0 spiro atoms. The first kappa shape index (κ1) is 14.5. The highest BCUT2D eigenvalue weighted by Crippen LogP contribution is 2.34. The molecule has 0 saturated carbocycles. The molecule has 1 heterocycles. The largest absolute Gasteiger partial charge is 0.399 e. The van der Waals surface area contributed by atoms with Crippen molar-refractivity contribution in [3.8, 4) is 0 Å². The van der Waals surface area contributed by atoms with Crippen LogP contribution in [0.15, 0.2) is 45.3 Å². The van der Waals surface area contributed by atoms with Crippen LogP contribution in [0, 0.1) is 0 Å². The summed E-state index contributed by atoms with van der Waals surface area (Å²) in [6.07, 6.45) is 0. The van der Waals surface area contributed by atoms with E-state index in [1.165, 1.54) is 11.3 Å². The van der Waals surface area contributed by atoms with Crippen molar-refractivity contribution >= 4 is 70.1 Å². The van der Waals surface area contributed by atoms with Gasteiger partial charge in [-0.2, -0.15) is 0 Å². The number of fused-ring (bicyclic) bond motifs is 1. The minimum Gasteiger partial charge on any atom is -0.399 e. The van der Waals surface area contributed by atoms with Gasteiger partial charge in [0.15, 0.2) is 5.13 Å². The Labute approximate surface area is 141 Å². The molecule has 3 rings (SSSR count). The van der Waals surface area contributed by atoms with E-state index in [0.717, 1.165) is 19.2 Å². The van der Waals surface area contributed by atoms with Gasteiger partial charge in [-0.3, -0.25) is 10.1 Å². The van der Waals surface area contributed by atoms with Crippen LogP contribution in [0.1, 0.15) is 10.4 Å². The number of benzene rings is 2. The molecular weight excluding hydrogens is 418 g/mol. The second kappa shape index (κ2) is 5.75. The van der Waals surface area contributed by atoms with Gasteiger partial charge in [0.25, 0.3) is 5.91 Å². The predicted octanol–water partition coefficient (Wildman–Crippen LogP) is 4.66. The van der Waals surface area contributed by atoms with Gasteiger partial charge in [0.2, 0.25) is 0 Å². The number of nitrogens with zero attached hydrogens (tertiary/aromatic N) is 1. The topological polar surface area (TPSA) is 68.0 Å². The molecule has 7 heteroatoms. The zero-order valence-corrected chi connectivity index (χ0v) is 14.5. The van der Waals surface area contributed by atoms with E-state index in [-0.39, 0.29) is 5.91 Å². The Hall–Kier alpha value is -1.44. The Morgan fingerprint density at radius 1 is 1.19 bits per heavy atom. The van der Waals surface area contributed by atoms with Crippen molar-refractivity contribution in [2.24, 2.45) is 0 Å². The first-order valence-corrected chi connectivity index (χ1v) is 8.35. The summed E-state index contributed by atoms with van der Waals surface area (Å²) in [6.45, 7) is 0. The van der Waals surface area contributed by atoms with Gasteiger partial charge in [-0.05, 0) is 52.3 Å². The van der Waals surface area contributed by atoms with E-state index in [9.17, 15) is 4.79 Å². The second-order valence-corrected chi connectivity index (χ2v) is 7.13. The van der Waals surface area contributed by atoms with Gasteiger partial charge in [-0.25, -0.2) is 4.98 Å². The van der Waals surface area contributed by atoms with Crippen molar-refractivity contribution in [2.75, 3.05) is 11.1 Å². The van der Waals surface area contributed by atoms with Crippen LogP contribution < -0.4 is 11.1 Å². The van der Waals surface area contributed by atoms with Crippen LogP contribution >= 0.6 is 43.2 Å². The van der Waals surface area contributed by atoms with Gasteiger partial charge in [0.1, 0.15) is 0 Å². The molecule has 0 fully saturated rings. The Balaban J connectivity index is 1.89. The maximum atomic E-state index is 12.1. The van der Waals surface area contributed by atoms with Gasteiger partial charge in [0, 0.05) is 20.2 Å². The highest BCUT2D eigenvalue weighted by atomic mass is 79.9. The summed E-state index contributed by atoms with van der Waals surface area (Å²) in [5.74, 6) is -0.204. The van der Waals surface area contributed by atoms with E-state index in [0.29, 0.717) is 16.4 Å². The molecule has 2 aromatic carbocycles. The summed E-state index contributed by atoms with van der Waals surface area (Å²) in [4.78, 5) is 16.6. The van der Waals surface area contributed by atoms with Gasteiger partial charge in [0.05, 0.1) is 10.2 Å². The van der Waals surface area contributed by atoms with Crippen molar-refractivity contribution in [2.45, 2.75) is 0 Å². The Morgan fingerprint density at radius 3 is 2.62 bits per heavy atom. The number of hydrogen-bond acceptors (Lipinski definition) is 4. The summed E-state index contributed by atoms with van der Waals surface area (Å²) in [6, 6.07) is 10.7. The number of nitrogen functional groups attached to an aromatic ring is 1. The maximum absolute atomic E-state index is 12.1. The summed E-state index contributed by atoms with van der Waals surface area (Å²) >= 11 is 8.33. The SMILES string of the molecule is Nc1ccc(C(=O)Nc2nc3c(Br)cc(Br)cc3s2)cc1. The van der Waals surface area contributed by atoms with Crippen LogP contribution in [0.25, 0.3) is 10.2 Å². The minimum atomic E-state index is -0.204. The molecular formula is C14H9Br2N3OS. The van der Waals surface area contributed by atoms with Crippen LogP contribution in [-0.2, 0) is 0 Å². The fraction of sp³-hybridized carbons (Fsp3) is 0. The van der Waals surface area contributed by atoms with Crippen molar-refractivity contribution in [3.63, 3.8) is 0 Å². The molecule has 1 aromatic heterocycles. The number of anilines is 2. The van der Waals surface area contributed by atoms with E-state index in [2.05, 4.69) is 42.2 Å². The molecule has 3 aromatic rings. The van der Waals surface area contributed by atoms with Gasteiger partial charge in [-0.1, -0.05) is 27.3 Å². The molecule has 3 N–H and O–H groups in total. The normalized spacial score (nSPS) is 10.8. The van der Waals surface area contributed by atoms with Crippen molar-refractivity contribution < 1.29 is 4.79 Å². The van der Waals surface area contributed by atoms with Gasteiger partial charge < -0.3 is 5.73 Å². The lowest BCUT2D eigenvalue weighted by atomic mass is 10.2. The molecule has 1 amide bonds. The molecule has 0 aliphatic heterocycles. The Kier molecular flexibility index (Phi) is 3.97. The van der Waals surface area contributed by atoms with Crippen molar-refractivity contribution in [1.82, 2.24) is 4.98 Å². The summed E-state index contributed by atoms with van der Waals surface area (Å²) in [7, 11) is 0. The fourth-order valence-electron chi connectivity index (χ4n) is 1.81. The molecule has 0 radical (unpaired) electrons. The van der Waals surface area contributed by atoms with Crippen LogP contribution in [-0.4, -0.2) is 10.9 Å². The standard InChI is InChI=1S/C14H9Br2N3OS/c15-8-5-10(16)12-11(6-8)21-14(18-12)19-13(20)7-1-3-9(17)4-2-7/h1-6H,17H2,(H,18,19,20). The molecule has 0 unspecified atom stereocenters. The fourth-order valence-corrected chi connectivity index (χ4v) is 4.34. The lowest BCUT2D eigenvalue weighted by Crippen LogP contribution is -2.11. The van der Waals surface area contributed by atoms with Crippen molar-refractivity contribution in [1.29, 1.82) is 0 Å². The lowest BCUT2D eigenvalue weighted by molar-refractivity contribution is 0.102. The minimum absolute atomic E-state index is 0.204. The molecule has 0 saturated heterocycles. The average Bonchev–Trinajstić information content (AvgIpc) is 2.82. The Bertz CT molecular complexity index is 830. The molecule has 0 atom stereocenters. The predicted molar refractivity (Wildman–Crippen MR) is 93.8 cm³/mol. The van der Waals surface area contributed by atoms with E-state index in [1.807, 2.05) is 12.1 Å². The van der Waals surface area contributed by atoms with Crippen LogP contribution in [0.3, 0.4) is 0 Å². The molecule has 106 valence electrons. The lowest BCUT2D eigenvalue weighted by Gasteiger charge is -2.01. The quantitative estimate of drug-likeness (QED) is 0.585. The summed E-state index contributed by atoms with van der Waals surface area (Å²) < 4.78 is 2.84. The molecule has 21 heavy (non-hydrogen) atoms. The molecule has 0 aliphatic carbocycles. The van der Waals surface area contributed by atoms with Gasteiger partial charge in [-0.15, -0.1) is 0 Å². The molecule has 4 nitrogen and oxygen atoms in total. The first-order chi connectivity index (χ1) is 10.0. The van der Waals surface area contributed by atoms with Crippen molar-refractivity contribution in [3.05, 3.63) is 50.9 Å². The third kappa shape index (κ3) is 3.09. The Morgan fingerprint density at radius 2 is 1.90 bits per heavy atom. The number of nitrogens with two attached hydrogens (primary N) is 1. The molecule has 0 aliphatic rings. The smallest absolute Gasteiger partial charge is 0.257 e. The zero-order valence-electron chi connectivity index (χ0n) is 10.6. The van der Waals surface area contributed by atoms with E-state index >= 15 is 0 Å².